The second kappa shape index (κ2) is 6.84. The van der Waals surface area contributed by atoms with Crippen molar-refractivity contribution in [3.8, 4) is 5.75 Å². The summed E-state index contributed by atoms with van der Waals surface area (Å²) in [5.74, 6) is 0.550. The van der Waals surface area contributed by atoms with Gasteiger partial charge >= 0.3 is 0 Å². The first kappa shape index (κ1) is 15.6. The quantitative estimate of drug-likeness (QED) is 0.916. The highest BCUT2D eigenvalue weighted by molar-refractivity contribution is 6.30. The summed E-state index contributed by atoms with van der Waals surface area (Å²) >= 11 is 5.82. The Labute approximate surface area is 139 Å². The van der Waals surface area contributed by atoms with E-state index in [2.05, 4.69) is 5.32 Å². The van der Waals surface area contributed by atoms with Gasteiger partial charge in [-0.1, -0.05) is 35.9 Å². The lowest BCUT2D eigenvalue weighted by Gasteiger charge is -2.10. The molecular formula is C18H16ClNO3. The number of rotatable bonds is 5. The van der Waals surface area contributed by atoms with Crippen LogP contribution in [0.1, 0.15) is 27.9 Å². The van der Waals surface area contributed by atoms with Gasteiger partial charge in [-0.05, 0) is 30.2 Å². The van der Waals surface area contributed by atoms with E-state index in [0.717, 1.165) is 11.1 Å². The van der Waals surface area contributed by atoms with Gasteiger partial charge in [0.1, 0.15) is 5.75 Å². The average molecular weight is 330 g/mol. The van der Waals surface area contributed by atoms with Crippen molar-refractivity contribution in [3.05, 3.63) is 64.2 Å². The lowest BCUT2D eigenvalue weighted by molar-refractivity contribution is -0.123. The van der Waals surface area contributed by atoms with Crippen LogP contribution in [-0.4, -0.2) is 18.3 Å². The predicted molar refractivity (Wildman–Crippen MR) is 87.9 cm³/mol. The summed E-state index contributed by atoms with van der Waals surface area (Å²) in [5, 5.41) is 3.45. The maximum Gasteiger partial charge on any atom is 0.258 e. The zero-order valence-corrected chi connectivity index (χ0v) is 13.2. The molecule has 3 rings (SSSR count). The van der Waals surface area contributed by atoms with E-state index in [9.17, 15) is 9.59 Å². The molecule has 0 atom stereocenters. The highest BCUT2D eigenvalue weighted by atomic mass is 35.5. The number of halogens is 1. The van der Waals surface area contributed by atoms with Crippen LogP contribution in [0.4, 0.5) is 0 Å². The first-order valence-corrected chi connectivity index (χ1v) is 7.80. The number of benzene rings is 2. The molecule has 1 aliphatic rings. The average Bonchev–Trinajstić information content (AvgIpc) is 2.94. The van der Waals surface area contributed by atoms with E-state index in [0.29, 0.717) is 35.7 Å². The minimum atomic E-state index is -0.207. The zero-order valence-electron chi connectivity index (χ0n) is 12.5. The number of hydrogen-bond donors (Lipinski definition) is 1. The van der Waals surface area contributed by atoms with Crippen molar-refractivity contribution >= 4 is 23.3 Å². The van der Waals surface area contributed by atoms with Gasteiger partial charge in [0.2, 0.25) is 0 Å². The van der Waals surface area contributed by atoms with Crippen LogP contribution in [0.15, 0.2) is 42.5 Å². The van der Waals surface area contributed by atoms with Crippen LogP contribution in [-0.2, 0) is 17.8 Å². The minimum absolute atomic E-state index is 0.0712. The molecule has 4 nitrogen and oxygen atoms in total. The Morgan fingerprint density at radius 2 is 1.91 bits per heavy atom. The summed E-state index contributed by atoms with van der Waals surface area (Å²) in [4.78, 5) is 23.6. The molecule has 0 spiro atoms. The van der Waals surface area contributed by atoms with Crippen molar-refractivity contribution < 1.29 is 14.3 Å². The Bertz CT molecular complexity index is 740. The Hall–Kier alpha value is -2.33. The molecule has 118 valence electrons. The van der Waals surface area contributed by atoms with Crippen LogP contribution in [0.3, 0.4) is 0 Å². The van der Waals surface area contributed by atoms with Crippen molar-refractivity contribution in [1.29, 1.82) is 0 Å². The van der Waals surface area contributed by atoms with E-state index in [4.69, 9.17) is 16.3 Å². The lowest BCUT2D eigenvalue weighted by atomic mass is 10.1. The van der Waals surface area contributed by atoms with Gasteiger partial charge in [0.05, 0.1) is 0 Å². The van der Waals surface area contributed by atoms with Gasteiger partial charge in [-0.3, -0.25) is 9.59 Å². The molecule has 5 heteroatoms. The third kappa shape index (κ3) is 3.71. The monoisotopic (exact) mass is 329 g/mol. The van der Waals surface area contributed by atoms with Crippen LogP contribution in [0, 0.1) is 0 Å². The molecule has 2 aromatic carbocycles. The third-order valence-corrected chi connectivity index (χ3v) is 4.05. The minimum Gasteiger partial charge on any atom is -0.483 e. The fourth-order valence-electron chi connectivity index (χ4n) is 2.59. The molecule has 0 aliphatic heterocycles. The van der Waals surface area contributed by atoms with Gasteiger partial charge in [-0.2, -0.15) is 0 Å². The number of amides is 1. The Balaban J connectivity index is 1.54. The maximum atomic E-state index is 11.9. The lowest BCUT2D eigenvalue weighted by Crippen LogP contribution is -2.28. The number of hydrogen-bond acceptors (Lipinski definition) is 3. The first-order chi connectivity index (χ1) is 11.1. The summed E-state index contributed by atoms with van der Waals surface area (Å²) in [5.41, 5.74) is 2.58. The largest absolute Gasteiger partial charge is 0.483 e. The number of nitrogens with one attached hydrogen (secondary N) is 1. The number of ketones is 1. The highest BCUT2D eigenvalue weighted by Gasteiger charge is 2.22. The fourth-order valence-corrected chi connectivity index (χ4v) is 2.72. The summed E-state index contributed by atoms with van der Waals surface area (Å²) in [6.07, 6.45) is 1.19. The molecule has 0 saturated carbocycles. The van der Waals surface area contributed by atoms with E-state index in [1.807, 2.05) is 12.1 Å². The van der Waals surface area contributed by atoms with Gasteiger partial charge in [-0.25, -0.2) is 0 Å². The SMILES string of the molecule is O=C(COc1cccc2c1CCC2=O)NCc1ccc(Cl)cc1. The Morgan fingerprint density at radius 1 is 1.13 bits per heavy atom. The predicted octanol–water partition coefficient (Wildman–Crippen LogP) is 3.16. The molecule has 1 amide bonds. The van der Waals surface area contributed by atoms with E-state index in [1.54, 1.807) is 30.3 Å². The van der Waals surface area contributed by atoms with Gasteiger partial charge in [0, 0.05) is 29.1 Å². The zero-order chi connectivity index (χ0) is 16.2. The smallest absolute Gasteiger partial charge is 0.258 e. The van der Waals surface area contributed by atoms with Crippen molar-refractivity contribution in [2.75, 3.05) is 6.61 Å². The fraction of sp³-hybridized carbons (Fsp3) is 0.222. The molecule has 1 N–H and O–H groups in total. The summed E-state index contributed by atoms with van der Waals surface area (Å²) < 4.78 is 5.58. The molecule has 23 heavy (non-hydrogen) atoms. The van der Waals surface area contributed by atoms with Crippen molar-refractivity contribution in [2.45, 2.75) is 19.4 Å². The highest BCUT2D eigenvalue weighted by Crippen LogP contribution is 2.30. The number of carbonyl (C=O) groups is 2. The molecule has 0 heterocycles. The number of Topliss-reactive ketones (excluding diaryl/α,β-unsaturated/α-hetero) is 1. The second-order valence-electron chi connectivity index (χ2n) is 5.40. The van der Waals surface area contributed by atoms with Crippen molar-refractivity contribution in [3.63, 3.8) is 0 Å². The number of ether oxygens (including phenoxy) is 1. The van der Waals surface area contributed by atoms with E-state index in [1.165, 1.54) is 0 Å². The van der Waals surface area contributed by atoms with E-state index < -0.39 is 0 Å². The van der Waals surface area contributed by atoms with Gasteiger partial charge in [-0.15, -0.1) is 0 Å². The van der Waals surface area contributed by atoms with Gasteiger partial charge in [0.25, 0.3) is 5.91 Å². The molecular weight excluding hydrogens is 314 g/mol. The molecule has 0 unspecified atom stereocenters. The van der Waals surface area contributed by atoms with Crippen LogP contribution < -0.4 is 10.1 Å². The standard InChI is InChI=1S/C18H16ClNO3/c19-13-6-4-12(5-7-13)10-20-18(22)11-23-17-3-1-2-14-15(17)8-9-16(14)21/h1-7H,8-11H2,(H,20,22). The van der Waals surface area contributed by atoms with Gasteiger partial charge < -0.3 is 10.1 Å². The van der Waals surface area contributed by atoms with Crippen LogP contribution in [0.25, 0.3) is 0 Å². The Morgan fingerprint density at radius 3 is 2.70 bits per heavy atom. The molecule has 0 radical (unpaired) electrons. The van der Waals surface area contributed by atoms with Gasteiger partial charge in [0.15, 0.2) is 12.4 Å². The second-order valence-corrected chi connectivity index (χ2v) is 5.83. The van der Waals surface area contributed by atoms with Crippen LogP contribution >= 0.6 is 11.6 Å². The Kier molecular flexibility index (Phi) is 4.63. The molecule has 0 saturated heterocycles. The van der Waals surface area contributed by atoms with Crippen molar-refractivity contribution in [1.82, 2.24) is 5.32 Å². The molecule has 2 aromatic rings. The first-order valence-electron chi connectivity index (χ1n) is 7.42. The summed E-state index contributed by atoms with van der Waals surface area (Å²) in [7, 11) is 0. The maximum absolute atomic E-state index is 11.9. The van der Waals surface area contributed by atoms with E-state index in [-0.39, 0.29) is 18.3 Å². The van der Waals surface area contributed by atoms with E-state index >= 15 is 0 Å². The molecule has 1 aliphatic carbocycles. The van der Waals surface area contributed by atoms with Crippen molar-refractivity contribution in [2.24, 2.45) is 0 Å². The normalized spacial score (nSPS) is 12.8. The summed E-state index contributed by atoms with van der Waals surface area (Å²) in [6.45, 7) is 0.350. The van der Waals surface area contributed by atoms with Crippen LogP contribution in [0.2, 0.25) is 5.02 Å². The third-order valence-electron chi connectivity index (χ3n) is 3.80. The molecule has 0 aromatic heterocycles. The topological polar surface area (TPSA) is 55.4 Å². The summed E-state index contributed by atoms with van der Waals surface area (Å²) in [6, 6.07) is 12.7. The molecule has 0 fully saturated rings. The van der Waals surface area contributed by atoms with Crippen LogP contribution in [0.5, 0.6) is 5.75 Å². The number of carbonyl (C=O) groups excluding carboxylic acids is 2. The molecule has 0 bridgehead atoms. The number of fused-ring (bicyclic) bond motifs is 1.